The second-order valence-corrected chi connectivity index (χ2v) is 7.83. The molecule has 2 heterocycles. The van der Waals surface area contributed by atoms with E-state index in [0.29, 0.717) is 5.41 Å². The van der Waals surface area contributed by atoms with Gasteiger partial charge in [0.2, 0.25) is 0 Å². The van der Waals surface area contributed by atoms with Crippen LogP contribution in [0.25, 0.3) is 0 Å². The van der Waals surface area contributed by atoms with Crippen LogP contribution in [-0.2, 0) is 0 Å². The first-order chi connectivity index (χ1) is 8.60. The molecule has 18 heavy (non-hydrogen) atoms. The summed E-state index contributed by atoms with van der Waals surface area (Å²) in [5.74, 6) is 1.03. The second kappa shape index (κ2) is 4.79. The lowest BCUT2D eigenvalue weighted by molar-refractivity contribution is 0.226. The van der Waals surface area contributed by atoms with Crippen LogP contribution in [0.5, 0.6) is 0 Å². The lowest BCUT2D eigenvalue weighted by Gasteiger charge is -2.27. The summed E-state index contributed by atoms with van der Waals surface area (Å²) in [4.78, 5) is 2.77. The Kier molecular flexibility index (Phi) is 3.44. The van der Waals surface area contributed by atoms with Crippen molar-refractivity contribution in [1.82, 2.24) is 10.2 Å². The van der Waals surface area contributed by atoms with Crippen LogP contribution in [0.3, 0.4) is 0 Å². The van der Waals surface area contributed by atoms with Gasteiger partial charge in [-0.05, 0) is 81.5 Å². The largest absolute Gasteiger partial charge is 0.317 e. The molecule has 0 bridgehead atoms. The van der Waals surface area contributed by atoms with Gasteiger partial charge >= 0.3 is 0 Å². The molecule has 2 saturated heterocycles. The molecule has 2 nitrogen and oxygen atoms in total. The van der Waals surface area contributed by atoms with Gasteiger partial charge in [0.1, 0.15) is 0 Å². The Labute approximate surface area is 113 Å². The minimum Gasteiger partial charge on any atom is -0.317 e. The van der Waals surface area contributed by atoms with Crippen molar-refractivity contribution in [3.8, 4) is 0 Å². The zero-order valence-corrected chi connectivity index (χ0v) is 12.3. The van der Waals surface area contributed by atoms with Crippen molar-refractivity contribution < 1.29 is 0 Å². The lowest BCUT2D eigenvalue weighted by atomic mass is 9.85. The molecule has 1 unspecified atom stereocenters. The average Bonchev–Trinajstić information content (AvgIpc) is 3.02. The van der Waals surface area contributed by atoms with E-state index in [1.54, 1.807) is 0 Å². The Bertz CT molecular complexity index is 291. The predicted molar refractivity (Wildman–Crippen MR) is 76.7 cm³/mol. The molecule has 1 N–H and O–H groups in total. The van der Waals surface area contributed by atoms with Gasteiger partial charge in [-0.25, -0.2) is 0 Å². The molecule has 104 valence electrons. The number of hydrogen-bond donors (Lipinski definition) is 1. The summed E-state index contributed by atoms with van der Waals surface area (Å²) < 4.78 is 0. The first kappa shape index (κ1) is 12.9. The van der Waals surface area contributed by atoms with Crippen LogP contribution in [-0.4, -0.2) is 37.6 Å². The molecular formula is C16H30N2. The van der Waals surface area contributed by atoms with Gasteiger partial charge < -0.3 is 10.2 Å². The molecular weight excluding hydrogens is 220 g/mol. The minimum absolute atomic E-state index is 0.588. The van der Waals surface area contributed by atoms with E-state index in [-0.39, 0.29) is 0 Å². The molecule has 3 rings (SSSR count). The van der Waals surface area contributed by atoms with Crippen molar-refractivity contribution in [2.75, 3.05) is 32.7 Å². The molecule has 1 aliphatic carbocycles. The van der Waals surface area contributed by atoms with Gasteiger partial charge in [0.05, 0.1) is 0 Å². The molecule has 0 aromatic heterocycles. The van der Waals surface area contributed by atoms with Crippen LogP contribution in [0.1, 0.15) is 52.4 Å². The SMILES string of the molecule is CC1(C)CCCN(CC2CC23CCNCC3)CC1. The number of rotatable bonds is 2. The van der Waals surface area contributed by atoms with E-state index in [9.17, 15) is 0 Å². The Morgan fingerprint density at radius 3 is 2.61 bits per heavy atom. The molecule has 1 atom stereocenters. The quantitative estimate of drug-likeness (QED) is 0.810. The fourth-order valence-electron chi connectivity index (χ4n) is 4.20. The third kappa shape index (κ3) is 2.75. The van der Waals surface area contributed by atoms with Gasteiger partial charge in [0.25, 0.3) is 0 Å². The Morgan fingerprint density at radius 2 is 1.83 bits per heavy atom. The minimum atomic E-state index is 0.588. The van der Waals surface area contributed by atoms with Crippen LogP contribution < -0.4 is 5.32 Å². The van der Waals surface area contributed by atoms with E-state index in [4.69, 9.17) is 0 Å². The summed E-state index contributed by atoms with van der Waals surface area (Å²) >= 11 is 0. The van der Waals surface area contributed by atoms with Crippen molar-refractivity contribution in [2.24, 2.45) is 16.7 Å². The van der Waals surface area contributed by atoms with Crippen molar-refractivity contribution in [3.05, 3.63) is 0 Å². The third-order valence-electron chi connectivity index (χ3n) is 5.87. The molecule has 0 radical (unpaired) electrons. The molecule has 3 aliphatic rings. The van der Waals surface area contributed by atoms with Gasteiger partial charge in [-0.3, -0.25) is 0 Å². The summed E-state index contributed by atoms with van der Waals surface area (Å²) in [5.41, 5.74) is 1.36. The van der Waals surface area contributed by atoms with Crippen LogP contribution >= 0.6 is 0 Å². The average molecular weight is 250 g/mol. The maximum atomic E-state index is 3.51. The summed E-state index contributed by atoms with van der Waals surface area (Å²) in [6.07, 6.45) is 8.63. The highest BCUT2D eigenvalue weighted by atomic mass is 15.1. The molecule has 2 heteroatoms. The standard InChI is InChI=1S/C16H30N2/c1-15(2)4-3-10-18(11-7-15)13-14-12-16(14)5-8-17-9-6-16/h14,17H,3-13H2,1-2H3. The fraction of sp³-hybridized carbons (Fsp3) is 1.00. The number of hydrogen-bond acceptors (Lipinski definition) is 2. The zero-order valence-electron chi connectivity index (χ0n) is 12.3. The molecule has 3 fully saturated rings. The highest BCUT2D eigenvalue weighted by Gasteiger charge is 2.53. The van der Waals surface area contributed by atoms with Crippen LogP contribution in [0.15, 0.2) is 0 Å². The summed E-state index contributed by atoms with van der Waals surface area (Å²) in [5, 5.41) is 3.51. The van der Waals surface area contributed by atoms with Gasteiger partial charge in [0.15, 0.2) is 0 Å². The first-order valence-corrected chi connectivity index (χ1v) is 8.03. The maximum absolute atomic E-state index is 3.51. The van der Waals surface area contributed by atoms with Gasteiger partial charge in [-0.2, -0.15) is 0 Å². The Hall–Kier alpha value is -0.0800. The van der Waals surface area contributed by atoms with E-state index < -0.39 is 0 Å². The fourth-order valence-corrected chi connectivity index (χ4v) is 4.20. The Morgan fingerprint density at radius 1 is 1.06 bits per heavy atom. The summed E-state index contributed by atoms with van der Waals surface area (Å²) in [6.45, 7) is 11.5. The van der Waals surface area contributed by atoms with Crippen molar-refractivity contribution in [2.45, 2.75) is 52.4 Å². The topological polar surface area (TPSA) is 15.3 Å². The van der Waals surface area contributed by atoms with Crippen molar-refractivity contribution in [3.63, 3.8) is 0 Å². The molecule has 0 aromatic rings. The van der Waals surface area contributed by atoms with E-state index in [1.165, 1.54) is 71.2 Å². The lowest BCUT2D eigenvalue weighted by Crippen LogP contribution is -2.33. The molecule has 1 saturated carbocycles. The molecule has 0 amide bonds. The van der Waals surface area contributed by atoms with Gasteiger partial charge in [-0.1, -0.05) is 13.8 Å². The van der Waals surface area contributed by atoms with E-state index in [2.05, 4.69) is 24.1 Å². The van der Waals surface area contributed by atoms with Gasteiger partial charge in [0, 0.05) is 6.54 Å². The first-order valence-electron chi connectivity index (χ1n) is 8.03. The summed E-state index contributed by atoms with van der Waals surface area (Å²) in [6, 6.07) is 0. The van der Waals surface area contributed by atoms with E-state index in [0.717, 1.165) is 11.3 Å². The van der Waals surface area contributed by atoms with Crippen molar-refractivity contribution in [1.29, 1.82) is 0 Å². The van der Waals surface area contributed by atoms with Crippen LogP contribution in [0.2, 0.25) is 0 Å². The second-order valence-electron chi connectivity index (χ2n) is 7.83. The third-order valence-corrected chi connectivity index (χ3v) is 5.87. The normalized spacial score (nSPS) is 35.3. The number of nitrogens with one attached hydrogen (secondary N) is 1. The van der Waals surface area contributed by atoms with Crippen LogP contribution in [0.4, 0.5) is 0 Å². The molecule has 2 aliphatic heterocycles. The predicted octanol–water partition coefficient (Wildman–Crippen LogP) is 2.89. The highest BCUT2D eigenvalue weighted by Crippen LogP contribution is 2.58. The monoisotopic (exact) mass is 250 g/mol. The van der Waals surface area contributed by atoms with Crippen LogP contribution in [0, 0.1) is 16.7 Å². The van der Waals surface area contributed by atoms with E-state index in [1.807, 2.05) is 0 Å². The maximum Gasteiger partial charge on any atom is 0.00152 e. The van der Waals surface area contributed by atoms with Crippen molar-refractivity contribution >= 4 is 0 Å². The zero-order chi connectivity index (χ0) is 12.6. The molecule has 1 spiro atoms. The number of likely N-dealkylation sites (tertiary alicyclic amines) is 1. The summed E-state index contributed by atoms with van der Waals surface area (Å²) in [7, 11) is 0. The number of nitrogens with zero attached hydrogens (tertiary/aromatic N) is 1. The smallest absolute Gasteiger partial charge is 0.00152 e. The molecule has 0 aromatic carbocycles. The number of piperidine rings is 1. The van der Waals surface area contributed by atoms with E-state index >= 15 is 0 Å². The Balaban J connectivity index is 1.49. The highest BCUT2D eigenvalue weighted by molar-refractivity contribution is 5.05. The van der Waals surface area contributed by atoms with Gasteiger partial charge in [-0.15, -0.1) is 0 Å².